The van der Waals surface area contributed by atoms with Gasteiger partial charge in [-0.1, -0.05) is 12.1 Å². The number of hydrogen-bond acceptors (Lipinski definition) is 6. The molecule has 1 fully saturated rings. The molecule has 1 atom stereocenters. The van der Waals surface area contributed by atoms with Gasteiger partial charge in [0.2, 0.25) is 0 Å². The van der Waals surface area contributed by atoms with Crippen molar-refractivity contribution < 1.29 is 9.53 Å². The summed E-state index contributed by atoms with van der Waals surface area (Å²) in [6.07, 6.45) is 0. The van der Waals surface area contributed by atoms with Crippen LogP contribution in [0, 0.1) is 0 Å². The number of nitrogens with one attached hydrogen (secondary N) is 2. The number of anilines is 1. The standard InChI is InChI=1S/C23H23N5O2S/c1-15(21-25-19-4-2-3-5-20(19)26-21)24-23(29)17-6-7-18(16-8-13-31-14-16)27-22(17)28-9-11-30-12-10-28/h2-8,13-15H,9-12H2,1H3,(H,24,29)(H,25,26). The van der Waals surface area contributed by atoms with Crippen molar-refractivity contribution in [2.45, 2.75) is 13.0 Å². The Balaban J connectivity index is 1.44. The van der Waals surface area contributed by atoms with Crippen LogP contribution in [0.3, 0.4) is 0 Å². The van der Waals surface area contributed by atoms with Crippen molar-refractivity contribution >= 4 is 34.1 Å². The topological polar surface area (TPSA) is 83.1 Å². The Morgan fingerprint density at radius 1 is 1.16 bits per heavy atom. The molecular weight excluding hydrogens is 410 g/mol. The van der Waals surface area contributed by atoms with Crippen molar-refractivity contribution in [3.05, 3.63) is 64.6 Å². The molecule has 0 bridgehead atoms. The Labute approximate surface area is 184 Å². The molecule has 7 nitrogen and oxygen atoms in total. The molecule has 1 unspecified atom stereocenters. The first-order valence-corrected chi connectivity index (χ1v) is 11.2. The number of nitrogens with zero attached hydrogens (tertiary/aromatic N) is 3. The van der Waals surface area contributed by atoms with E-state index >= 15 is 0 Å². The molecule has 0 saturated carbocycles. The van der Waals surface area contributed by atoms with E-state index in [2.05, 4.69) is 25.6 Å². The summed E-state index contributed by atoms with van der Waals surface area (Å²) < 4.78 is 5.49. The number of hydrogen-bond donors (Lipinski definition) is 2. The fourth-order valence-electron chi connectivity index (χ4n) is 3.73. The third-order valence-corrected chi connectivity index (χ3v) is 6.10. The molecule has 4 heterocycles. The summed E-state index contributed by atoms with van der Waals surface area (Å²) >= 11 is 1.63. The highest BCUT2D eigenvalue weighted by molar-refractivity contribution is 7.08. The highest BCUT2D eigenvalue weighted by atomic mass is 32.1. The number of imidazole rings is 1. The van der Waals surface area contributed by atoms with Crippen LogP contribution in [-0.2, 0) is 4.74 Å². The minimum atomic E-state index is -0.269. The van der Waals surface area contributed by atoms with Crippen LogP contribution in [0.4, 0.5) is 5.82 Å². The number of carbonyl (C=O) groups excluding carboxylic acids is 1. The van der Waals surface area contributed by atoms with Crippen molar-refractivity contribution in [2.75, 3.05) is 31.2 Å². The first-order valence-electron chi connectivity index (χ1n) is 10.3. The monoisotopic (exact) mass is 433 g/mol. The van der Waals surface area contributed by atoms with E-state index in [1.165, 1.54) is 0 Å². The molecule has 1 amide bonds. The minimum absolute atomic E-state index is 0.168. The molecule has 1 aliphatic rings. The third-order valence-electron chi connectivity index (χ3n) is 5.41. The van der Waals surface area contributed by atoms with Crippen LogP contribution in [-0.4, -0.2) is 47.2 Å². The maximum atomic E-state index is 13.3. The summed E-state index contributed by atoms with van der Waals surface area (Å²) in [5.74, 6) is 1.26. The summed E-state index contributed by atoms with van der Waals surface area (Å²) in [7, 11) is 0. The van der Waals surface area contributed by atoms with Gasteiger partial charge in [-0.3, -0.25) is 4.79 Å². The van der Waals surface area contributed by atoms with Gasteiger partial charge >= 0.3 is 0 Å². The highest BCUT2D eigenvalue weighted by Crippen LogP contribution is 2.27. The number of thiophene rings is 1. The Hall–Kier alpha value is -3.23. The van der Waals surface area contributed by atoms with E-state index in [0.29, 0.717) is 37.7 Å². The number of aromatic amines is 1. The lowest BCUT2D eigenvalue weighted by molar-refractivity contribution is 0.0936. The lowest BCUT2D eigenvalue weighted by Gasteiger charge is -2.29. The molecule has 0 radical (unpaired) electrons. The van der Waals surface area contributed by atoms with Gasteiger partial charge in [-0.05, 0) is 42.6 Å². The summed E-state index contributed by atoms with van der Waals surface area (Å²) in [6.45, 7) is 4.60. The van der Waals surface area contributed by atoms with Gasteiger partial charge in [0, 0.05) is 24.0 Å². The SMILES string of the molecule is CC(NC(=O)c1ccc(-c2ccsc2)nc1N1CCOCC1)c1nc2ccccc2[nH]1. The Kier molecular flexibility index (Phi) is 5.40. The van der Waals surface area contributed by atoms with Gasteiger partial charge in [-0.2, -0.15) is 11.3 Å². The van der Waals surface area contributed by atoms with E-state index in [9.17, 15) is 4.79 Å². The molecule has 5 rings (SSSR count). The van der Waals surface area contributed by atoms with Crippen molar-refractivity contribution in [2.24, 2.45) is 0 Å². The summed E-state index contributed by atoms with van der Waals surface area (Å²) in [6, 6.07) is 13.4. The number of para-hydroxylation sites is 2. The molecule has 0 aliphatic carbocycles. The number of H-pyrrole nitrogens is 1. The highest BCUT2D eigenvalue weighted by Gasteiger charge is 2.23. The van der Waals surface area contributed by atoms with E-state index < -0.39 is 0 Å². The van der Waals surface area contributed by atoms with Gasteiger partial charge in [0.15, 0.2) is 0 Å². The van der Waals surface area contributed by atoms with Crippen LogP contribution in [0.5, 0.6) is 0 Å². The Morgan fingerprint density at radius 3 is 2.77 bits per heavy atom. The maximum absolute atomic E-state index is 13.3. The number of morpholine rings is 1. The number of amides is 1. The number of carbonyl (C=O) groups is 1. The normalized spacial score (nSPS) is 15.2. The zero-order chi connectivity index (χ0) is 21.2. The molecule has 8 heteroatoms. The number of ether oxygens (including phenoxy) is 1. The van der Waals surface area contributed by atoms with E-state index in [1.807, 2.05) is 54.8 Å². The smallest absolute Gasteiger partial charge is 0.255 e. The largest absolute Gasteiger partial charge is 0.378 e. The number of fused-ring (bicyclic) bond motifs is 1. The molecule has 1 aromatic carbocycles. The van der Waals surface area contributed by atoms with E-state index in [4.69, 9.17) is 9.72 Å². The van der Waals surface area contributed by atoms with Crippen molar-refractivity contribution in [3.63, 3.8) is 0 Å². The second-order valence-electron chi connectivity index (χ2n) is 7.51. The molecular formula is C23H23N5O2S. The minimum Gasteiger partial charge on any atom is -0.378 e. The maximum Gasteiger partial charge on any atom is 0.255 e. The molecule has 158 valence electrons. The number of aromatic nitrogens is 3. The van der Waals surface area contributed by atoms with Gasteiger partial charge < -0.3 is 19.9 Å². The van der Waals surface area contributed by atoms with Crippen molar-refractivity contribution in [3.8, 4) is 11.3 Å². The molecule has 2 N–H and O–H groups in total. The van der Waals surface area contributed by atoms with Crippen LogP contribution in [0.25, 0.3) is 22.3 Å². The van der Waals surface area contributed by atoms with Crippen LogP contribution < -0.4 is 10.2 Å². The summed E-state index contributed by atoms with van der Waals surface area (Å²) in [5.41, 5.74) is 4.32. The van der Waals surface area contributed by atoms with Gasteiger partial charge in [0.1, 0.15) is 11.6 Å². The zero-order valence-corrected chi connectivity index (χ0v) is 18.0. The van der Waals surface area contributed by atoms with Gasteiger partial charge in [0.05, 0.1) is 41.5 Å². The van der Waals surface area contributed by atoms with Gasteiger partial charge in [-0.25, -0.2) is 9.97 Å². The van der Waals surface area contributed by atoms with Crippen LogP contribution in [0.15, 0.2) is 53.2 Å². The Morgan fingerprint density at radius 2 is 2.00 bits per heavy atom. The second-order valence-corrected chi connectivity index (χ2v) is 8.29. The van der Waals surface area contributed by atoms with Gasteiger partial charge in [0.25, 0.3) is 5.91 Å². The first kappa shape index (κ1) is 19.7. The molecule has 3 aromatic heterocycles. The van der Waals surface area contributed by atoms with Crippen molar-refractivity contribution in [1.82, 2.24) is 20.3 Å². The van der Waals surface area contributed by atoms with E-state index in [0.717, 1.165) is 28.1 Å². The molecule has 31 heavy (non-hydrogen) atoms. The fourth-order valence-corrected chi connectivity index (χ4v) is 4.38. The average molecular weight is 434 g/mol. The molecule has 1 aliphatic heterocycles. The molecule has 1 saturated heterocycles. The lowest BCUT2D eigenvalue weighted by atomic mass is 10.1. The van der Waals surface area contributed by atoms with Crippen LogP contribution in [0.2, 0.25) is 0 Å². The predicted molar refractivity (Wildman–Crippen MR) is 123 cm³/mol. The molecule has 0 spiro atoms. The van der Waals surface area contributed by atoms with Crippen LogP contribution >= 0.6 is 11.3 Å². The summed E-state index contributed by atoms with van der Waals surface area (Å²) in [5, 5.41) is 7.17. The quantitative estimate of drug-likeness (QED) is 0.497. The predicted octanol–water partition coefficient (Wildman–Crippen LogP) is 4.01. The first-order chi connectivity index (χ1) is 15.2. The third kappa shape index (κ3) is 4.04. The Bertz CT molecular complexity index is 1160. The lowest BCUT2D eigenvalue weighted by Crippen LogP contribution is -2.39. The van der Waals surface area contributed by atoms with Gasteiger partial charge in [-0.15, -0.1) is 0 Å². The fraction of sp³-hybridized carbons (Fsp3) is 0.261. The van der Waals surface area contributed by atoms with E-state index in [-0.39, 0.29) is 11.9 Å². The average Bonchev–Trinajstić information content (AvgIpc) is 3.49. The van der Waals surface area contributed by atoms with Crippen LogP contribution in [0.1, 0.15) is 29.1 Å². The number of rotatable bonds is 5. The van der Waals surface area contributed by atoms with Crippen molar-refractivity contribution in [1.29, 1.82) is 0 Å². The number of pyridine rings is 1. The van der Waals surface area contributed by atoms with E-state index in [1.54, 1.807) is 11.3 Å². The summed E-state index contributed by atoms with van der Waals surface area (Å²) in [4.78, 5) is 28.1. The zero-order valence-electron chi connectivity index (χ0n) is 17.2. The molecule has 4 aromatic rings. The second kappa shape index (κ2) is 8.49. The number of benzene rings is 1.